The molecular formula is C14H18N4O. The third-order valence-electron chi connectivity index (χ3n) is 3.62. The summed E-state index contributed by atoms with van der Waals surface area (Å²) in [5.74, 6) is 2.19. The molecule has 3 rings (SSSR count). The molecule has 2 aromatic rings. The van der Waals surface area contributed by atoms with Crippen LogP contribution in [-0.4, -0.2) is 39.8 Å². The highest BCUT2D eigenvalue weighted by Gasteiger charge is 2.20. The predicted molar refractivity (Wildman–Crippen MR) is 73.8 cm³/mol. The first-order valence-corrected chi connectivity index (χ1v) is 6.68. The van der Waals surface area contributed by atoms with Crippen LogP contribution >= 0.6 is 0 Å². The number of aliphatic hydroxyl groups is 1. The Balaban J connectivity index is 1.75. The maximum Gasteiger partial charge on any atom is 0.138 e. The molecule has 1 saturated heterocycles. The van der Waals surface area contributed by atoms with Gasteiger partial charge in [-0.25, -0.2) is 9.97 Å². The number of piperidine rings is 1. The van der Waals surface area contributed by atoms with Gasteiger partial charge in [0, 0.05) is 43.9 Å². The van der Waals surface area contributed by atoms with Crippen molar-refractivity contribution in [1.29, 1.82) is 0 Å². The van der Waals surface area contributed by atoms with E-state index in [0.717, 1.165) is 43.1 Å². The van der Waals surface area contributed by atoms with Gasteiger partial charge in [0.1, 0.15) is 11.6 Å². The number of nitrogens with one attached hydrogen (secondary N) is 1. The zero-order valence-corrected chi connectivity index (χ0v) is 10.8. The maximum absolute atomic E-state index is 9.27. The molecular weight excluding hydrogens is 240 g/mol. The Morgan fingerprint density at radius 3 is 3.00 bits per heavy atom. The van der Waals surface area contributed by atoms with Gasteiger partial charge in [-0.1, -0.05) is 0 Å². The third kappa shape index (κ3) is 2.61. The van der Waals surface area contributed by atoms with Crippen LogP contribution in [0.5, 0.6) is 0 Å². The van der Waals surface area contributed by atoms with E-state index in [1.807, 2.05) is 18.3 Å². The third-order valence-corrected chi connectivity index (χ3v) is 3.62. The Bertz CT molecular complexity index is 509. The van der Waals surface area contributed by atoms with Crippen molar-refractivity contribution in [2.75, 3.05) is 24.6 Å². The van der Waals surface area contributed by atoms with Gasteiger partial charge in [-0.05, 0) is 30.9 Å². The zero-order chi connectivity index (χ0) is 13.1. The molecule has 0 amide bonds. The van der Waals surface area contributed by atoms with Crippen molar-refractivity contribution in [2.24, 2.45) is 5.92 Å². The van der Waals surface area contributed by atoms with Crippen LogP contribution in [0.4, 0.5) is 5.82 Å². The highest BCUT2D eigenvalue weighted by molar-refractivity contribution is 5.56. The average molecular weight is 258 g/mol. The molecule has 1 aliphatic rings. The average Bonchev–Trinajstić information content (AvgIpc) is 3.02. The van der Waals surface area contributed by atoms with Crippen LogP contribution in [0.2, 0.25) is 0 Å². The number of hydrogen-bond acceptors (Lipinski definition) is 4. The Morgan fingerprint density at radius 2 is 2.32 bits per heavy atom. The number of anilines is 1. The van der Waals surface area contributed by atoms with Gasteiger partial charge in [-0.2, -0.15) is 0 Å². The Kier molecular flexibility index (Phi) is 3.46. The van der Waals surface area contributed by atoms with E-state index in [1.54, 1.807) is 12.4 Å². The quantitative estimate of drug-likeness (QED) is 0.879. The van der Waals surface area contributed by atoms with Crippen molar-refractivity contribution in [2.45, 2.75) is 12.8 Å². The van der Waals surface area contributed by atoms with E-state index in [4.69, 9.17) is 0 Å². The van der Waals surface area contributed by atoms with E-state index in [0.29, 0.717) is 5.92 Å². The first-order chi connectivity index (χ1) is 9.36. The lowest BCUT2D eigenvalue weighted by Crippen LogP contribution is -2.37. The van der Waals surface area contributed by atoms with E-state index in [9.17, 15) is 5.11 Å². The molecule has 0 saturated carbocycles. The van der Waals surface area contributed by atoms with Crippen LogP contribution in [0.1, 0.15) is 12.8 Å². The molecule has 0 bridgehead atoms. The van der Waals surface area contributed by atoms with E-state index < -0.39 is 0 Å². The fourth-order valence-electron chi connectivity index (χ4n) is 2.56. The minimum atomic E-state index is 0.265. The van der Waals surface area contributed by atoms with Crippen LogP contribution in [0.3, 0.4) is 0 Å². The molecule has 5 heteroatoms. The summed E-state index contributed by atoms with van der Waals surface area (Å²) in [5.41, 5.74) is 0.990. The standard InChI is InChI=1S/C14H18N4O/c19-10-11-2-1-7-18(9-11)13-4-3-12(8-17-13)14-15-5-6-16-14/h3-6,8,11,19H,1-2,7,9-10H2,(H,15,16). The number of H-pyrrole nitrogens is 1. The topological polar surface area (TPSA) is 65.0 Å². The molecule has 100 valence electrons. The second-order valence-electron chi connectivity index (χ2n) is 4.98. The van der Waals surface area contributed by atoms with E-state index >= 15 is 0 Å². The van der Waals surface area contributed by atoms with Crippen molar-refractivity contribution in [1.82, 2.24) is 15.0 Å². The highest BCUT2D eigenvalue weighted by Crippen LogP contribution is 2.23. The van der Waals surface area contributed by atoms with Gasteiger partial charge >= 0.3 is 0 Å². The molecule has 0 aromatic carbocycles. The fraction of sp³-hybridized carbons (Fsp3) is 0.429. The lowest BCUT2D eigenvalue weighted by atomic mass is 9.99. The van der Waals surface area contributed by atoms with E-state index in [2.05, 4.69) is 19.9 Å². The smallest absolute Gasteiger partial charge is 0.138 e. The number of imidazole rings is 1. The van der Waals surface area contributed by atoms with Crippen molar-refractivity contribution in [3.8, 4) is 11.4 Å². The van der Waals surface area contributed by atoms with Gasteiger partial charge in [0.2, 0.25) is 0 Å². The Morgan fingerprint density at radius 1 is 1.37 bits per heavy atom. The van der Waals surface area contributed by atoms with Gasteiger partial charge in [-0.3, -0.25) is 0 Å². The van der Waals surface area contributed by atoms with Crippen LogP contribution in [-0.2, 0) is 0 Å². The van der Waals surface area contributed by atoms with Gasteiger partial charge in [0.25, 0.3) is 0 Å². The minimum Gasteiger partial charge on any atom is -0.396 e. The first-order valence-electron chi connectivity index (χ1n) is 6.68. The molecule has 5 nitrogen and oxygen atoms in total. The lowest BCUT2D eigenvalue weighted by Gasteiger charge is -2.32. The van der Waals surface area contributed by atoms with Gasteiger partial charge in [0.15, 0.2) is 0 Å². The molecule has 1 aliphatic heterocycles. The number of aliphatic hydroxyl groups excluding tert-OH is 1. The Labute approximate surface area is 112 Å². The number of aromatic amines is 1. The van der Waals surface area contributed by atoms with E-state index in [1.165, 1.54) is 0 Å². The van der Waals surface area contributed by atoms with Gasteiger partial charge in [0.05, 0.1) is 0 Å². The predicted octanol–water partition coefficient (Wildman–Crippen LogP) is 1.68. The van der Waals surface area contributed by atoms with Gasteiger partial charge < -0.3 is 15.0 Å². The lowest BCUT2D eigenvalue weighted by molar-refractivity contribution is 0.208. The summed E-state index contributed by atoms with van der Waals surface area (Å²) in [6, 6.07) is 4.06. The fourth-order valence-corrected chi connectivity index (χ4v) is 2.56. The molecule has 3 heterocycles. The molecule has 1 atom stereocenters. The summed E-state index contributed by atoms with van der Waals surface area (Å²) in [7, 11) is 0. The maximum atomic E-state index is 9.27. The monoisotopic (exact) mass is 258 g/mol. The minimum absolute atomic E-state index is 0.265. The number of nitrogens with zero attached hydrogens (tertiary/aromatic N) is 3. The van der Waals surface area contributed by atoms with E-state index in [-0.39, 0.29) is 6.61 Å². The van der Waals surface area contributed by atoms with Crippen molar-refractivity contribution in [3.63, 3.8) is 0 Å². The van der Waals surface area contributed by atoms with Crippen molar-refractivity contribution in [3.05, 3.63) is 30.7 Å². The summed E-state index contributed by atoms with van der Waals surface area (Å²) < 4.78 is 0. The molecule has 19 heavy (non-hydrogen) atoms. The van der Waals surface area contributed by atoms with Crippen molar-refractivity contribution < 1.29 is 5.11 Å². The number of aromatic nitrogens is 3. The summed E-state index contributed by atoms with van der Waals surface area (Å²) in [6.07, 6.45) is 7.61. The SMILES string of the molecule is OCC1CCCN(c2ccc(-c3ncc[nH]3)cn2)C1. The molecule has 2 aromatic heterocycles. The van der Waals surface area contributed by atoms with Crippen LogP contribution in [0.15, 0.2) is 30.7 Å². The largest absolute Gasteiger partial charge is 0.396 e. The van der Waals surface area contributed by atoms with Crippen LogP contribution in [0, 0.1) is 5.92 Å². The van der Waals surface area contributed by atoms with Crippen LogP contribution in [0.25, 0.3) is 11.4 Å². The summed E-state index contributed by atoms with van der Waals surface area (Å²) >= 11 is 0. The first kappa shape index (κ1) is 12.2. The molecule has 1 fully saturated rings. The number of hydrogen-bond donors (Lipinski definition) is 2. The summed E-state index contributed by atoms with van der Waals surface area (Å²) in [6.45, 7) is 2.17. The molecule has 0 radical (unpaired) electrons. The second kappa shape index (κ2) is 5.40. The van der Waals surface area contributed by atoms with Crippen LogP contribution < -0.4 is 4.90 Å². The molecule has 0 aliphatic carbocycles. The highest BCUT2D eigenvalue weighted by atomic mass is 16.3. The normalized spacial score (nSPS) is 19.6. The Hall–Kier alpha value is -1.88. The zero-order valence-electron chi connectivity index (χ0n) is 10.8. The molecule has 0 spiro atoms. The van der Waals surface area contributed by atoms with Gasteiger partial charge in [-0.15, -0.1) is 0 Å². The van der Waals surface area contributed by atoms with Crippen molar-refractivity contribution >= 4 is 5.82 Å². The summed E-state index contributed by atoms with van der Waals surface area (Å²) in [5, 5.41) is 9.27. The second-order valence-corrected chi connectivity index (χ2v) is 4.98. The number of pyridine rings is 1. The number of rotatable bonds is 3. The summed E-state index contributed by atoms with van der Waals surface area (Å²) in [4.78, 5) is 14.0. The molecule has 2 N–H and O–H groups in total. The molecule has 1 unspecified atom stereocenters.